The molecule has 2 aromatic carbocycles. The molecule has 39 heavy (non-hydrogen) atoms. The number of hydrogen-bond acceptors (Lipinski definition) is 6. The molecule has 10 heteroatoms. The van der Waals surface area contributed by atoms with Gasteiger partial charge in [-0.05, 0) is 73.9 Å². The summed E-state index contributed by atoms with van der Waals surface area (Å²) in [5, 5.41) is 3.57. The molecular weight excluding hydrogens is 540 g/mol. The van der Waals surface area contributed by atoms with E-state index >= 15 is 0 Å². The van der Waals surface area contributed by atoms with Gasteiger partial charge in [-0.3, -0.25) is 9.59 Å². The quantitative estimate of drug-likeness (QED) is 0.340. The Hall–Kier alpha value is -2.26. The largest absolute Gasteiger partial charge is 0.486 e. The number of hydrogen-bond donors (Lipinski definition) is 1. The number of nitrogens with one attached hydrogen (secondary N) is 1. The fraction of sp³-hybridized carbons (Fsp3) is 0.517. The fourth-order valence-electron chi connectivity index (χ4n) is 5.00. The van der Waals surface area contributed by atoms with Crippen LogP contribution < -0.4 is 14.8 Å². The molecule has 1 amide bonds. The summed E-state index contributed by atoms with van der Waals surface area (Å²) in [7, 11) is -0.454. The molecule has 0 saturated carbocycles. The van der Waals surface area contributed by atoms with Gasteiger partial charge in [-0.1, -0.05) is 43.1 Å². The van der Waals surface area contributed by atoms with Crippen LogP contribution in [0, 0.1) is 5.92 Å². The van der Waals surface area contributed by atoms with E-state index in [2.05, 4.69) is 19.2 Å². The van der Waals surface area contributed by atoms with Crippen molar-refractivity contribution in [2.24, 2.45) is 5.92 Å². The Morgan fingerprint density at radius 2 is 1.64 bits per heavy atom. The van der Waals surface area contributed by atoms with E-state index in [-0.39, 0.29) is 35.0 Å². The smallest absolute Gasteiger partial charge is 0.460 e. The summed E-state index contributed by atoms with van der Waals surface area (Å²) >= 11 is 12.4. The molecule has 0 radical (unpaired) electrons. The van der Waals surface area contributed by atoms with Gasteiger partial charge in [-0.15, -0.1) is 0 Å². The predicted octanol–water partition coefficient (Wildman–Crippen LogP) is 6.19. The van der Waals surface area contributed by atoms with Crippen LogP contribution in [0.3, 0.4) is 0 Å². The number of ether oxygens (including phenoxy) is 2. The van der Waals surface area contributed by atoms with Crippen LogP contribution in [0.2, 0.25) is 15.9 Å². The van der Waals surface area contributed by atoms with Gasteiger partial charge in [-0.25, -0.2) is 0 Å². The average molecular weight is 576 g/mol. The molecule has 210 valence electrons. The van der Waals surface area contributed by atoms with Crippen molar-refractivity contribution in [1.29, 1.82) is 0 Å². The van der Waals surface area contributed by atoms with Gasteiger partial charge in [0.2, 0.25) is 0 Å². The van der Waals surface area contributed by atoms with Crippen LogP contribution in [0.4, 0.5) is 0 Å². The first-order chi connectivity index (χ1) is 18.8. The number of halogens is 2. The molecule has 1 saturated heterocycles. The molecule has 1 N–H and O–H groups in total. The van der Waals surface area contributed by atoms with Gasteiger partial charge in [0.15, 0.2) is 17.3 Å². The highest BCUT2D eigenvalue weighted by atomic mass is 35.5. The third-order valence-corrected chi connectivity index (χ3v) is 7.45. The average Bonchev–Trinajstić information content (AvgIpc) is 2.88. The summed E-state index contributed by atoms with van der Waals surface area (Å²) in [5.41, 5.74) is 1.06. The van der Waals surface area contributed by atoms with Crippen LogP contribution in [-0.4, -0.2) is 51.3 Å². The Labute approximate surface area is 241 Å². The number of carbonyl (C=O) groups excluding carboxylic acids is 2. The van der Waals surface area contributed by atoms with Crippen molar-refractivity contribution >= 4 is 42.0 Å². The van der Waals surface area contributed by atoms with E-state index in [1.54, 1.807) is 12.1 Å². The number of Topliss-reactive ketones (excluding diaryl/α,β-unsaturated/α-hetero) is 1. The van der Waals surface area contributed by atoms with E-state index in [1.807, 2.05) is 18.2 Å². The zero-order chi connectivity index (χ0) is 27.8. The van der Waals surface area contributed by atoms with E-state index in [0.29, 0.717) is 48.9 Å². The second-order valence-corrected chi connectivity index (χ2v) is 11.4. The second-order valence-electron chi connectivity index (χ2n) is 10.6. The molecule has 1 fully saturated rings. The summed E-state index contributed by atoms with van der Waals surface area (Å²) in [4.78, 5) is 27.2. The summed E-state index contributed by atoms with van der Waals surface area (Å²) in [5.74, 6) is 0.941. The summed E-state index contributed by atoms with van der Waals surface area (Å²) in [6, 6.07) is 9.46. The molecule has 0 aromatic heterocycles. The zero-order valence-corrected chi connectivity index (χ0v) is 24.1. The van der Waals surface area contributed by atoms with Crippen molar-refractivity contribution in [3.8, 4) is 11.5 Å². The van der Waals surface area contributed by atoms with Gasteiger partial charge < -0.3 is 24.1 Å². The normalized spacial score (nSPS) is 17.2. The van der Waals surface area contributed by atoms with Gasteiger partial charge in [0.25, 0.3) is 5.91 Å². The van der Waals surface area contributed by atoms with Crippen LogP contribution in [-0.2, 0) is 20.5 Å². The van der Waals surface area contributed by atoms with Crippen LogP contribution in [0.5, 0.6) is 11.5 Å². The number of ketones is 1. The molecule has 0 unspecified atom stereocenters. The minimum absolute atomic E-state index is 0.101. The van der Waals surface area contributed by atoms with Crippen molar-refractivity contribution < 1.29 is 28.4 Å². The molecule has 2 aromatic rings. The molecule has 7 nitrogen and oxygen atoms in total. The lowest BCUT2D eigenvalue weighted by molar-refractivity contribution is -0.121. The molecular formula is C29H36BCl2NO6. The first kappa shape index (κ1) is 29.7. The molecule has 2 aliphatic heterocycles. The Morgan fingerprint density at radius 3 is 2.36 bits per heavy atom. The molecule has 0 spiro atoms. The summed E-state index contributed by atoms with van der Waals surface area (Å²) in [6.45, 7) is 6.41. The standard InChI is InChI=1S/C29H36BCl2NO6/c1-19(2)14-21(30-38-10-4-3-5-11-39-30)17-26(34)25(33-29(35)23-18-22(31)7-8-24(23)32)15-20-6-9-27-28(16-20)37-13-12-36-27/h6-9,16,18-19,21,25H,3-5,10-15,17H2,1-2H3,(H,33,35)/t21-,25+/m1/s1. The number of carbonyl (C=O) groups is 2. The lowest BCUT2D eigenvalue weighted by atomic mass is 9.64. The maximum absolute atomic E-state index is 13.9. The highest BCUT2D eigenvalue weighted by molar-refractivity contribution is 6.47. The van der Waals surface area contributed by atoms with Crippen molar-refractivity contribution in [2.45, 2.75) is 64.2 Å². The predicted molar refractivity (Wildman–Crippen MR) is 153 cm³/mol. The molecule has 2 heterocycles. The number of benzene rings is 2. The lowest BCUT2D eigenvalue weighted by Crippen LogP contribution is -2.44. The maximum atomic E-state index is 13.9. The van der Waals surface area contributed by atoms with Gasteiger partial charge >= 0.3 is 7.12 Å². The van der Waals surface area contributed by atoms with E-state index in [0.717, 1.165) is 31.2 Å². The van der Waals surface area contributed by atoms with Crippen LogP contribution in [0.25, 0.3) is 0 Å². The maximum Gasteiger partial charge on any atom is 0.460 e. The molecule has 0 bridgehead atoms. The minimum atomic E-state index is -0.807. The summed E-state index contributed by atoms with van der Waals surface area (Å²) in [6.07, 6.45) is 4.27. The third kappa shape index (κ3) is 8.61. The summed E-state index contributed by atoms with van der Waals surface area (Å²) < 4.78 is 23.5. The lowest BCUT2D eigenvalue weighted by Gasteiger charge is -2.28. The fourth-order valence-corrected chi connectivity index (χ4v) is 5.38. The van der Waals surface area contributed by atoms with Gasteiger partial charge in [-0.2, -0.15) is 0 Å². The molecule has 0 aliphatic carbocycles. The third-order valence-electron chi connectivity index (χ3n) is 6.89. The minimum Gasteiger partial charge on any atom is -0.486 e. The molecule has 4 rings (SSSR count). The highest BCUT2D eigenvalue weighted by Crippen LogP contribution is 2.32. The Balaban J connectivity index is 1.57. The number of amides is 1. The van der Waals surface area contributed by atoms with Crippen molar-refractivity contribution in [1.82, 2.24) is 5.32 Å². The SMILES string of the molecule is CC(C)C[C@H](CC(=O)[C@H](Cc1ccc2c(c1)OCCO2)NC(=O)c1cc(Cl)ccc1Cl)B1OCCCCCO1. The highest BCUT2D eigenvalue weighted by Gasteiger charge is 2.35. The first-order valence-corrected chi connectivity index (χ1v) is 14.5. The van der Waals surface area contributed by atoms with E-state index in [1.165, 1.54) is 6.07 Å². The first-order valence-electron chi connectivity index (χ1n) is 13.7. The van der Waals surface area contributed by atoms with Crippen molar-refractivity contribution in [2.75, 3.05) is 26.4 Å². The topological polar surface area (TPSA) is 83.1 Å². The Kier molecular flexibility index (Phi) is 11.0. The number of rotatable bonds is 10. The molecule has 2 aliphatic rings. The zero-order valence-electron chi connectivity index (χ0n) is 22.5. The van der Waals surface area contributed by atoms with Gasteiger partial charge in [0, 0.05) is 30.5 Å². The van der Waals surface area contributed by atoms with Crippen molar-refractivity contribution in [3.63, 3.8) is 0 Å². The van der Waals surface area contributed by atoms with Crippen LogP contribution in [0.15, 0.2) is 36.4 Å². The second kappa shape index (κ2) is 14.4. The Bertz CT molecular complexity index is 1140. The number of fused-ring (bicyclic) bond motifs is 1. The van der Waals surface area contributed by atoms with Gasteiger partial charge in [0.1, 0.15) is 13.2 Å². The monoisotopic (exact) mass is 575 g/mol. The van der Waals surface area contributed by atoms with E-state index in [4.69, 9.17) is 42.0 Å². The van der Waals surface area contributed by atoms with E-state index < -0.39 is 19.1 Å². The molecule has 2 atom stereocenters. The Morgan fingerprint density at radius 1 is 0.923 bits per heavy atom. The van der Waals surface area contributed by atoms with Crippen molar-refractivity contribution in [3.05, 3.63) is 57.6 Å². The van der Waals surface area contributed by atoms with E-state index in [9.17, 15) is 9.59 Å². The van der Waals surface area contributed by atoms with Crippen LogP contribution in [0.1, 0.15) is 61.9 Å². The van der Waals surface area contributed by atoms with Gasteiger partial charge in [0.05, 0.1) is 16.6 Å². The van der Waals surface area contributed by atoms with Crippen LogP contribution >= 0.6 is 23.2 Å².